The normalized spacial score (nSPS) is 15.3. The summed E-state index contributed by atoms with van der Waals surface area (Å²) < 4.78 is 5.59. The molecule has 6 nitrogen and oxygen atoms in total. The van der Waals surface area contributed by atoms with Crippen LogP contribution in [0.15, 0.2) is 65.7 Å². The molecule has 0 unspecified atom stereocenters. The van der Waals surface area contributed by atoms with E-state index in [1.54, 1.807) is 0 Å². The fraction of sp³-hybridized carbons (Fsp3) is 0.410. The molecule has 0 radical (unpaired) electrons. The Morgan fingerprint density at radius 3 is 2.07 bits per heavy atom. The average molecular weight is 603 g/mol. The third-order valence-electron chi connectivity index (χ3n) is 9.12. The molecule has 4 aromatic carbocycles. The molecule has 0 aliphatic carbocycles. The lowest BCUT2D eigenvalue weighted by Gasteiger charge is -2.32. The monoisotopic (exact) mass is 602 g/mol. The van der Waals surface area contributed by atoms with Gasteiger partial charge in [0.15, 0.2) is 0 Å². The number of aromatic amines is 1. The minimum absolute atomic E-state index is 0.131. The summed E-state index contributed by atoms with van der Waals surface area (Å²) in [5, 5.41) is 7.83. The predicted molar refractivity (Wildman–Crippen MR) is 188 cm³/mol. The number of aliphatic imine (C=N–C) groups is 1. The van der Waals surface area contributed by atoms with Crippen molar-refractivity contribution in [2.45, 2.75) is 93.2 Å². The van der Waals surface area contributed by atoms with Crippen LogP contribution in [0, 0.1) is 10.8 Å². The Hall–Kier alpha value is -4.19. The molecule has 1 aromatic heterocycles. The lowest BCUT2D eigenvalue weighted by Crippen LogP contribution is -2.50. The molecule has 6 rings (SSSR count). The molecule has 0 saturated heterocycles. The minimum Gasteiger partial charge on any atom is -0.444 e. The second-order valence-electron chi connectivity index (χ2n) is 15.8. The molecule has 0 saturated carbocycles. The Balaban J connectivity index is 1.29. The number of aromatic nitrogens is 2. The zero-order chi connectivity index (χ0) is 32.5. The van der Waals surface area contributed by atoms with Crippen molar-refractivity contribution in [1.82, 2.24) is 15.3 Å². The first-order valence-electron chi connectivity index (χ1n) is 16.0. The van der Waals surface area contributed by atoms with Crippen molar-refractivity contribution in [3.8, 4) is 11.1 Å². The molecular weight excluding hydrogens is 556 g/mol. The smallest absolute Gasteiger partial charge is 0.408 e. The molecule has 2 heterocycles. The largest absolute Gasteiger partial charge is 0.444 e. The fourth-order valence-corrected chi connectivity index (χ4v) is 6.24. The standard InChI is InChI=1S/C39H46N4O2/c1-22(37(2,3)4)35-41-31-18-14-26-20-24(12-16-28(26)33(31)42-35)23-11-15-27-25(19-23)13-17-30-29(27)21-32(40-30)34(38(5,6)7)43-36(44)45-39(8,9)10/h11-20,22,34H,21H2,1-10H3,(H,41,42)(H,43,44)/t22-,34-/m1/s1. The third kappa shape index (κ3) is 6.07. The molecule has 234 valence electrons. The average Bonchev–Trinajstić information content (AvgIpc) is 3.57. The van der Waals surface area contributed by atoms with Crippen molar-refractivity contribution in [1.29, 1.82) is 0 Å². The van der Waals surface area contributed by atoms with E-state index < -0.39 is 11.7 Å². The van der Waals surface area contributed by atoms with Crippen LogP contribution in [-0.2, 0) is 11.2 Å². The van der Waals surface area contributed by atoms with E-state index >= 15 is 0 Å². The van der Waals surface area contributed by atoms with E-state index in [0.29, 0.717) is 12.3 Å². The van der Waals surface area contributed by atoms with Gasteiger partial charge < -0.3 is 15.0 Å². The summed E-state index contributed by atoms with van der Waals surface area (Å²) in [7, 11) is 0. The highest BCUT2D eigenvalue weighted by atomic mass is 16.6. The van der Waals surface area contributed by atoms with Crippen LogP contribution < -0.4 is 5.32 Å². The Kier molecular flexibility index (Phi) is 7.34. The molecule has 5 aromatic rings. The zero-order valence-electron chi connectivity index (χ0n) is 28.3. The van der Waals surface area contributed by atoms with Crippen LogP contribution in [0.2, 0.25) is 0 Å². The highest BCUT2D eigenvalue weighted by Gasteiger charge is 2.35. The number of hydrogen-bond donors (Lipinski definition) is 2. The van der Waals surface area contributed by atoms with Crippen LogP contribution in [0.25, 0.3) is 43.7 Å². The third-order valence-corrected chi connectivity index (χ3v) is 9.12. The number of amides is 1. The first kappa shape index (κ1) is 30.8. The van der Waals surface area contributed by atoms with Gasteiger partial charge in [0.25, 0.3) is 0 Å². The number of benzene rings is 4. The van der Waals surface area contributed by atoms with Gasteiger partial charge in [-0.3, -0.25) is 4.99 Å². The summed E-state index contributed by atoms with van der Waals surface area (Å²) in [6.45, 7) is 21.0. The van der Waals surface area contributed by atoms with Crippen LogP contribution in [0.3, 0.4) is 0 Å². The number of ether oxygens (including phenoxy) is 1. The van der Waals surface area contributed by atoms with E-state index in [-0.39, 0.29) is 16.9 Å². The first-order chi connectivity index (χ1) is 21.0. The maximum Gasteiger partial charge on any atom is 0.408 e. The van der Waals surface area contributed by atoms with Gasteiger partial charge in [-0.05, 0) is 88.7 Å². The van der Waals surface area contributed by atoms with E-state index in [2.05, 4.69) is 119 Å². The number of nitrogens with zero attached hydrogens (tertiary/aromatic N) is 2. The number of nitrogens with one attached hydrogen (secondary N) is 2. The first-order valence-corrected chi connectivity index (χ1v) is 16.0. The van der Waals surface area contributed by atoms with Crippen molar-refractivity contribution in [2.75, 3.05) is 0 Å². The van der Waals surface area contributed by atoms with Crippen LogP contribution in [0.5, 0.6) is 0 Å². The summed E-state index contributed by atoms with van der Waals surface area (Å²) in [6, 6.07) is 21.7. The highest BCUT2D eigenvalue weighted by Crippen LogP contribution is 2.39. The van der Waals surface area contributed by atoms with Gasteiger partial charge in [0, 0.05) is 23.4 Å². The van der Waals surface area contributed by atoms with Crippen molar-refractivity contribution >= 4 is 50.1 Å². The van der Waals surface area contributed by atoms with Crippen LogP contribution in [0.1, 0.15) is 86.5 Å². The molecule has 0 bridgehead atoms. The summed E-state index contributed by atoms with van der Waals surface area (Å²) >= 11 is 0. The minimum atomic E-state index is -0.564. The van der Waals surface area contributed by atoms with Gasteiger partial charge in [-0.1, -0.05) is 84.9 Å². The summed E-state index contributed by atoms with van der Waals surface area (Å²) in [6.07, 6.45) is 0.272. The van der Waals surface area contributed by atoms with Gasteiger partial charge in [0.05, 0.1) is 22.8 Å². The molecule has 1 aliphatic rings. The van der Waals surface area contributed by atoms with Crippen molar-refractivity contribution in [3.05, 3.63) is 72.1 Å². The number of fused-ring (bicyclic) bond motifs is 6. The number of carbonyl (C=O) groups excluding carboxylic acids is 1. The van der Waals surface area contributed by atoms with Crippen molar-refractivity contribution in [2.24, 2.45) is 15.8 Å². The maximum absolute atomic E-state index is 12.7. The second-order valence-corrected chi connectivity index (χ2v) is 15.8. The molecule has 2 N–H and O–H groups in total. The quantitative estimate of drug-likeness (QED) is 0.215. The van der Waals surface area contributed by atoms with Gasteiger partial charge >= 0.3 is 6.09 Å². The molecule has 2 atom stereocenters. The topological polar surface area (TPSA) is 79.4 Å². The lowest BCUT2D eigenvalue weighted by atomic mass is 9.82. The van der Waals surface area contributed by atoms with Crippen LogP contribution in [-0.4, -0.2) is 33.4 Å². The Morgan fingerprint density at radius 2 is 1.44 bits per heavy atom. The van der Waals surface area contributed by atoms with Gasteiger partial charge in [0.2, 0.25) is 0 Å². The second kappa shape index (κ2) is 10.7. The van der Waals surface area contributed by atoms with E-state index in [9.17, 15) is 4.79 Å². The molecular formula is C39H46N4O2. The number of rotatable bonds is 4. The summed E-state index contributed by atoms with van der Waals surface area (Å²) in [5.41, 5.74) is 6.93. The molecule has 1 aliphatic heterocycles. The fourth-order valence-electron chi connectivity index (χ4n) is 6.24. The van der Waals surface area contributed by atoms with Gasteiger partial charge in [0.1, 0.15) is 11.4 Å². The number of hydrogen-bond acceptors (Lipinski definition) is 4. The Bertz CT molecular complexity index is 1980. The Morgan fingerprint density at radius 1 is 0.822 bits per heavy atom. The summed E-state index contributed by atoms with van der Waals surface area (Å²) in [5.74, 6) is 1.36. The van der Waals surface area contributed by atoms with Gasteiger partial charge in [-0.2, -0.15) is 0 Å². The lowest BCUT2D eigenvalue weighted by molar-refractivity contribution is 0.0490. The zero-order valence-corrected chi connectivity index (χ0v) is 28.3. The summed E-state index contributed by atoms with van der Waals surface area (Å²) in [4.78, 5) is 26.4. The van der Waals surface area contributed by atoms with E-state index in [1.807, 2.05) is 20.8 Å². The van der Waals surface area contributed by atoms with Crippen molar-refractivity contribution in [3.63, 3.8) is 0 Å². The molecule has 1 amide bonds. The number of alkyl carbamates (subject to hydrolysis) is 1. The van der Waals surface area contributed by atoms with Crippen molar-refractivity contribution < 1.29 is 9.53 Å². The number of carbonyl (C=O) groups is 1. The molecule has 45 heavy (non-hydrogen) atoms. The molecule has 0 spiro atoms. The van der Waals surface area contributed by atoms with Gasteiger partial charge in [-0.15, -0.1) is 0 Å². The van der Waals surface area contributed by atoms with Gasteiger partial charge in [-0.25, -0.2) is 9.78 Å². The van der Waals surface area contributed by atoms with E-state index in [1.165, 1.54) is 32.8 Å². The van der Waals surface area contributed by atoms with E-state index in [4.69, 9.17) is 14.7 Å². The molecule has 6 heteroatoms. The maximum atomic E-state index is 12.7. The van der Waals surface area contributed by atoms with Crippen LogP contribution in [0.4, 0.5) is 10.5 Å². The molecule has 0 fully saturated rings. The van der Waals surface area contributed by atoms with E-state index in [0.717, 1.165) is 33.6 Å². The SMILES string of the molecule is C[C@H](c1nc2c(ccc3cc(-c4ccc5c6c(ccc5c4)N=C([C@@H](NC(=O)OC(C)(C)C)C(C)(C)C)C6)ccc32)[nH]1)C(C)(C)C. The number of imidazole rings is 1. The Labute approximate surface area is 266 Å². The highest BCUT2D eigenvalue weighted by molar-refractivity contribution is 6.07. The van der Waals surface area contributed by atoms with Crippen LogP contribution >= 0.6 is 0 Å². The number of H-pyrrole nitrogens is 1. The predicted octanol–water partition coefficient (Wildman–Crippen LogP) is 10.3.